The van der Waals surface area contributed by atoms with Crippen LogP contribution in [-0.2, 0) is 0 Å². The molecule has 5 nitrogen and oxygen atoms in total. The van der Waals surface area contributed by atoms with Crippen LogP contribution in [0.5, 0.6) is 0 Å². The fourth-order valence-corrected chi connectivity index (χ4v) is 0.843. The SMILES string of the molecule is CN(C)C=Nc1ccc([N+](=O)[O-])cc1.Cl. The summed E-state index contributed by atoms with van der Waals surface area (Å²) in [5.41, 5.74) is 0.776. The van der Waals surface area contributed by atoms with Gasteiger partial charge in [-0.25, -0.2) is 4.99 Å². The number of halogens is 1. The van der Waals surface area contributed by atoms with Crippen molar-refractivity contribution in [3.63, 3.8) is 0 Å². The van der Waals surface area contributed by atoms with E-state index in [1.807, 2.05) is 14.1 Å². The van der Waals surface area contributed by atoms with Gasteiger partial charge in [-0.1, -0.05) is 0 Å². The first-order chi connectivity index (χ1) is 6.59. The summed E-state index contributed by atoms with van der Waals surface area (Å²) < 4.78 is 0. The maximum atomic E-state index is 10.3. The number of hydrogen-bond acceptors (Lipinski definition) is 3. The lowest BCUT2D eigenvalue weighted by Gasteiger charge is -2.01. The first kappa shape index (κ1) is 13.4. The van der Waals surface area contributed by atoms with E-state index in [0.717, 1.165) is 0 Å². The molecule has 0 atom stereocenters. The highest BCUT2D eigenvalue weighted by Gasteiger charge is 2.02. The van der Waals surface area contributed by atoms with E-state index in [0.29, 0.717) is 5.69 Å². The zero-order chi connectivity index (χ0) is 10.6. The fourth-order valence-electron chi connectivity index (χ4n) is 0.843. The highest BCUT2D eigenvalue weighted by molar-refractivity contribution is 5.85. The minimum absolute atomic E-state index is 0. The molecule has 0 amide bonds. The fraction of sp³-hybridized carbons (Fsp3) is 0.222. The number of nitro groups is 1. The Kier molecular flexibility index (Phi) is 5.33. The van der Waals surface area contributed by atoms with Crippen LogP contribution >= 0.6 is 12.4 Å². The van der Waals surface area contributed by atoms with Crippen LogP contribution in [0, 0.1) is 10.1 Å². The van der Waals surface area contributed by atoms with Crippen LogP contribution in [-0.4, -0.2) is 30.3 Å². The normalized spacial score (nSPS) is 9.73. The van der Waals surface area contributed by atoms with Crippen LogP contribution in [0.15, 0.2) is 29.3 Å². The van der Waals surface area contributed by atoms with Crippen LogP contribution in [0.3, 0.4) is 0 Å². The van der Waals surface area contributed by atoms with E-state index in [9.17, 15) is 10.1 Å². The second kappa shape index (κ2) is 5.98. The first-order valence-electron chi connectivity index (χ1n) is 4.04. The average molecular weight is 230 g/mol. The number of non-ortho nitro benzene ring substituents is 1. The Hall–Kier alpha value is -1.62. The summed E-state index contributed by atoms with van der Waals surface area (Å²) in [6, 6.07) is 6.08. The van der Waals surface area contributed by atoms with E-state index >= 15 is 0 Å². The second-order valence-corrected chi connectivity index (χ2v) is 2.98. The van der Waals surface area contributed by atoms with E-state index in [2.05, 4.69) is 4.99 Å². The Labute approximate surface area is 94.0 Å². The molecule has 0 aliphatic carbocycles. The van der Waals surface area contributed by atoms with Gasteiger partial charge >= 0.3 is 0 Å². The van der Waals surface area contributed by atoms with Crippen LogP contribution in [0.1, 0.15) is 0 Å². The summed E-state index contributed by atoms with van der Waals surface area (Å²) in [7, 11) is 3.71. The smallest absolute Gasteiger partial charge is 0.269 e. The van der Waals surface area contributed by atoms with Crippen molar-refractivity contribution in [2.24, 2.45) is 4.99 Å². The van der Waals surface area contributed by atoms with Gasteiger partial charge in [-0.05, 0) is 12.1 Å². The lowest BCUT2D eigenvalue weighted by molar-refractivity contribution is -0.384. The van der Waals surface area contributed by atoms with Gasteiger partial charge in [-0.2, -0.15) is 0 Å². The molecule has 0 aromatic heterocycles. The van der Waals surface area contributed by atoms with Crippen molar-refractivity contribution in [2.45, 2.75) is 0 Å². The number of nitro benzene ring substituents is 1. The van der Waals surface area contributed by atoms with Crippen molar-refractivity contribution in [2.75, 3.05) is 14.1 Å². The summed E-state index contributed by atoms with van der Waals surface area (Å²) in [6.45, 7) is 0. The van der Waals surface area contributed by atoms with E-state index in [-0.39, 0.29) is 18.1 Å². The molecule has 0 saturated heterocycles. The number of benzene rings is 1. The van der Waals surface area contributed by atoms with Gasteiger partial charge in [0, 0.05) is 26.2 Å². The predicted octanol–water partition coefficient (Wildman–Crippen LogP) is 2.24. The van der Waals surface area contributed by atoms with Gasteiger partial charge < -0.3 is 4.90 Å². The van der Waals surface area contributed by atoms with Crippen molar-refractivity contribution in [1.82, 2.24) is 4.90 Å². The van der Waals surface area contributed by atoms with Gasteiger partial charge in [0.05, 0.1) is 16.9 Å². The van der Waals surface area contributed by atoms with Gasteiger partial charge in [0.1, 0.15) is 0 Å². The molecule has 1 aromatic rings. The standard InChI is InChI=1S/C9H11N3O2.ClH/c1-11(2)7-10-8-3-5-9(6-4-8)12(13)14;/h3-7H,1-2H3;1H. The van der Waals surface area contributed by atoms with Crippen molar-refractivity contribution < 1.29 is 4.92 Å². The molecule has 1 rings (SSSR count). The van der Waals surface area contributed by atoms with E-state index < -0.39 is 4.92 Å². The van der Waals surface area contributed by atoms with Gasteiger partial charge in [0.2, 0.25) is 0 Å². The third-order valence-corrected chi connectivity index (χ3v) is 1.50. The molecule has 0 fully saturated rings. The lowest BCUT2D eigenvalue weighted by Crippen LogP contribution is -2.06. The van der Waals surface area contributed by atoms with Crippen LogP contribution in [0.2, 0.25) is 0 Å². The molecular formula is C9H12ClN3O2. The maximum Gasteiger partial charge on any atom is 0.269 e. The maximum absolute atomic E-state index is 10.3. The second-order valence-electron chi connectivity index (χ2n) is 2.98. The summed E-state index contributed by atoms with van der Waals surface area (Å²) in [6.07, 6.45) is 1.64. The van der Waals surface area contributed by atoms with E-state index in [4.69, 9.17) is 0 Å². The van der Waals surface area contributed by atoms with Crippen molar-refractivity contribution in [3.05, 3.63) is 34.4 Å². The molecule has 0 saturated carbocycles. The van der Waals surface area contributed by atoms with Crippen molar-refractivity contribution >= 4 is 30.1 Å². The molecule has 0 heterocycles. The third kappa shape index (κ3) is 4.42. The Balaban J connectivity index is 0.00000196. The molecule has 0 aliphatic rings. The molecule has 0 N–H and O–H groups in total. The topological polar surface area (TPSA) is 58.7 Å². The minimum atomic E-state index is -0.431. The Morgan fingerprint density at radius 2 is 1.87 bits per heavy atom. The Morgan fingerprint density at radius 1 is 1.33 bits per heavy atom. The summed E-state index contributed by atoms with van der Waals surface area (Å²) in [5, 5.41) is 10.3. The van der Waals surface area contributed by atoms with Crippen LogP contribution in [0.25, 0.3) is 0 Å². The molecule has 1 aromatic carbocycles. The Morgan fingerprint density at radius 3 is 2.27 bits per heavy atom. The van der Waals surface area contributed by atoms with Crippen LogP contribution in [0.4, 0.5) is 11.4 Å². The number of hydrogen-bond donors (Lipinski definition) is 0. The molecule has 6 heteroatoms. The first-order valence-corrected chi connectivity index (χ1v) is 4.04. The molecule has 0 spiro atoms. The van der Waals surface area contributed by atoms with Gasteiger partial charge in [-0.3, -0.25) is 10.1 Å². The van der Waals surface area contributed by atoms with E-state index in [1.54, 1.807) is 23.4 Å². The number of aliphatic imine (C=N–C) groups is 1. The zero-order valence-electron chi connectivity index (χ0n) is 8.45. The number of rotatable bonds is 3. The average Bonchev–Trinajstić information content (AvgIpc) is 2.15. The van der Waals surface area contributed by atoms with E-state index in [1.165, 1.54) is 12.1 Å². The molecular weight excluding hydrogens is 218 g/mol. The lowest BCUT2D eigenvalue weighted by atomic mass is 10.3. The zero-order valence-corrected chi connectivity index (χ0v) is 9.27. The molecule has 0 bridgehead atoms. The monoisotopic (exact) mass is 229 g/mol. The third-order valence-electron chi connectivity index (χ3n) is 1.50. The van der Waals surface area contributed by atoms with Gasteiger partial charge in [0.15, 0.2) is 0 Å². The molecule has 0 radical (unpaired) electrons. The summed E-state index contributed by atoms with van der Waals surface area (Å²) >= 11 is 0. The molecule has 82 valence electrons. The number of nitrogens with zero attached hydrogens (tertiary/aromatic N) is 3. The minimum Gasteiger partial charge on any atom is -0.369 e. The van der Waals surface area contributed by atoms with Gasteiger partial charge in [0.25, 0.3) is 5.69 Å². The molecule has 15 heavy (non-hydrogen) atoms. The predicted molar refractivity (Wildman–Crippen MR) is 62.2 cm³/mol. The van der Waals surface area contributed by atoms with Gasteiger partial charge in [-0.15, -0.1) is 12.4 Å². The highest BCUT2D eigenvalue weighted by atomic mass is 35.5. The summed E-state index contributed by atoms with van der Waals surface area (Å²) in [5.74, 6) is 0. The highest BCUT2D eigenvalue weighted by Crippen LogP contribution is 2.17. The largest absolute Gasteiger partial charge is 0.369 e. The van der Waals surface area contributed by atoms with Crippen LogP contribution < -0.4 is 0 Å². The summed E-state index contributed by atoms with van der Waals surface area (Å²) in [4.78, 5) is 15.8. The van der Waals surface area contributed by atoms with Crippen molar-refractivity contribution in [3.8, 4) is 0 Å². The molecule has 0 aliphatic heterocycles. The Bertz CT molecular complexity index is 349. The molecule has 0 unspecified atom stereocenters. The van der Waals surface area contributed by atoms with Crippen molar-refractivity contribution in [1.29, 1.82) is 0 Å². The quantitative estimate of drug-likeness (QED) is 0.346.